The van der Waals surface area contributed by atoms with E-state index in [0.717, 1.165) is 6.07 Å². The van der Waals surface area contributed by atoms with Gasteiger partial charge in [0.15, 0.2) is 5.75 Å². The number of halogens is 3. The lowest BCUT2D eigenvalue weighted by Gasteiger charge is -2.10. The summed E-state index contributed by atoms with van der Waals surface area (Å²) in [7, 11) is 1.56. The highest BCUT2D eigenvalue weighted by atomic mass is 19.4. The van der Waals surface area contributed by atoms with Gasteiger partial charge in [0.2, 0.25) is 0 Å². The summed E-state index contributed by atoms with van der Waals surface area (Å²) in [6.45, 7) is 1.59. The molecule has 0 saturated carbocycles. The standard InChI is InChI=1S/C12H11F3N2O/c1-7-11(18)10(16-17(7)2)8-5-3-4-6-9(8)12(13,14)15/h3-6,18H,1-2H3. The summed E-state index contributed by atoms with van der Waals surface area (Å²) in [6.07, 6.45) is -4.48. The monoisotopic (exact) mass is 256 g/mol. The maximum absolute atomic E-state index is 12.9. The molecule has 0 radical (unpaired) electrons. The molecule has 18 heavy (non-hydrogen) atoms. The summed E-state index contributed by atoms with van der Waals surface area (Å²) in [5.41, 5.74) is -0.561. The van der Waals surface area contributed by atoms with E-state index in [-0.39, 0.29) is 17.0 Å². The zero-order chi connectivity index (χ0) is 13.5. The molecule has 0 aliphatic heterocycles. The van der Waals surface area contributed by atoms with E-state index < -0.39 is 11.7 Å². The van der Waals surface area contributed by atoms with E-state index in [2.05, 4.69) is 5.10 Å². The number of hydrogen-bond acceptors (Lipinski definition) is 2. The molecule has 0 atom stereocenters. The molecule has 1 heterocycles. The van der Waals surface area contributed by atoms with Gasteiger partial charge in [-0.2, -0.15) is 18.3 Å². The molecule has 96 valence electrons. The van der Waals surface area contributed by atoms with Crippen LogP contribution in [0.1, 0.15) is 11.3 Å². The summed E-state index contributed by atoms with van der Waals surface area (Å²) in [5.74, 6) is -0.228. The topological polar surface area (TPSA) is 38.1 Å². The van der Waals surface area contributed by atoms with Crippen molar-refractivity contribution in [3.63, 3.8) is 0 Å². The predicted octanol–water partition coefficient (Wildman–Crippen LogP) is 3.12. The molecule has 3 nitrogen and oxygen atoms in total. The molecule has 6 heteroatoms. The summed E-state index contributed by atoms with van der Waals surface area (Å²) in [6, 6.07) is 5.05. The first-order chi connectivity index (χ1) is 8.32. The SMILES string of the molecule is Cc1c(O)c(-c2ccccc2C(F)(F)F)nn1C. The highest BCUT2D eigenvalue weighted by Crippen LogP contribution is 2.39. The van der Waals surface area contributed by atoms with E-state index in [9.17, 15) is 18.3 Å². The second-order valence-electron chi connectivity index (χ2n) is 3.95. The van der Waals surface area contributed by atoms with Crippen molar-refractivity contribution in [3.05, 3.63) is 35.5 Å². The first-order valence-corrected chi connectivity index (χ1v) is 5.21. The Morgan fingerprint density at radius 1 is 1.22 bits per heavy atom. The van der Waals surface area contributed by atoms with Gasteiger partial charge in [0.25, 0.3) is 0 Å². The van der Waals surface area contributed by atoms with Crippen LogP contribution in [0.3, 0.4) is 0 Å². The van der Waals surface area contributed by atoms with Crippen molar-refractivity contribution in [2.75, 3.05) is 0 Å². The van der Waals surface area contributed by atoms with Gasteiger partial charge < -0.3 is 5.11 Å². The minimum absolute atomic E-state index is 0.0528. The summed E-state index contributed by atoms with van der Waals surface area (Å²) in [5, 5.41) is 13.7. The first kappa shape index (κ1) is 12.5. The first-order valence-electron chi connectivity index (χ1n) is 5.21. The third-order valence-corrected chi connectivity index (χ3v) is 2.79. The summed E-state index contributed by atoms with van der Waals surface area (Å²) >= 11 is 0. The molecule has 0 fully saturated rings. The van der Waals surface area contributed by atoms with Crippen LogP contribution in [0.2, 0.25) is 0 Å². The van der Waals surface area contributed by atoms with E-state index in [4.69, 9.17) is 0 Å². The van der Waals surface area contributed by atoms with E-state index in [1.807, 2.05) is 0 Å². The Balaban J connectivity index is 2.68. The van der Waals surface area contributed by atoms with E-state index in [1.165, 1.54) is 22.9 Å². The lowest BCUT2D eigenvalue weighted by Crippen LogP contribution is -2.07. The van der Waals surface area contributed by atoms with Crippen LogP contribution in [0, 0.1) is 6.92 Å². The quantitative estimate of drug-likeness (QED) is 0.851. The zero-order valence-corrected chi connectivity index (χ0v) is 9.78. The molecule has 2 rings (SSSR count). The Hall–Kier alpha value is -1.98. The number of aromatic nitrogens is 2. The van der Waals surface area contributed by atoms with Crippen LogP contribution >= 0.6 is 0 Å². The minimum Gasteiger partial charge on any atom is -0.504 e. The Kier molecular flexibility index (Phi) is 2.80. The number of aryl methyl sites for hydroxylation is 1. The average Bonchev–Trinajstić information content (AvgIpc) is 2.56. The molecule has 0 unspecified atom stereocenters. The second-order valence-corrected chi connectivity index (χ2v) is 3.95. The molecule has 0 amide bonds. The Labute approximate surface area is 101 Å². The van der Waals surface area contributed by atoms with Crippen LogP contribution in [0.5, 0.6) is 5.75 Å². The molecule has 1 aromatic heterocycles. The Morgan fingerprint density at radius 2 is 1.83 bits per heavy atom. The molecular weight excluding hydrogens is 245 g/mol. The van der Waals surface area contributed by atoms with Gasteiger partial charge in [-0.05, 0) is 13.0 Å². The third-order valence-electron chi connectivity index (χ3n) is 2.79. The van der Waals surface area contributed by atoms with E-state index in [0.29, 0.717) is 5.69 Å². The molecular formula is C12H11F3N2O. The second kappa shape index (κ2) is 4.04. The van der Waals surface area contributed by atoms with Crippen LogP contribution in [0.4, 0.5) is 13.2 Å². The molecule has 2 aromatic rings. The maximum atomic E-state index is 12.9. The van der Waals surface area contributed by atoms with Gasteiger partial charge >= 0.3 is 6.18 Å². The number of rotatable bonds is 1. The van der Waals surface area contributed by atoms with Crippen LogP contribution in [-0.4, -0.2) is 14.9 Å². The maximum Gasteiger partial charge on any atom is 0.417 e. The Bertz CT molecular complexity index is 587. The smallest absolute Gasteiger partial charge is 0.417 e. The van der Waals surface area contributed by atoms with Crippen molar-refractivity contribution >= 4 is 0 Å². The molecule has 0 spiro atoms. The van der Waals surface area contributed by atoms with Crippen molar-refractivity contribution in [2.45, 2.75) is 13.1 Å². The highest BCUT2D eigenvalue weighted by molar-refractivity contribution is 5.70. The Morgan fingerprint density at radius 3 is 2.33 bits per heavy atom. The van der Waals surface area contributed by atoms with Gasteiger partial charge in [-0.15, -0.1) is 0 Å². The van der Waals surface area contributed by atoms with Crippen LogP contribution in [0.15, 0.2) is 24.3 Å². The van der Waals surface area contributed by atoms with Gasteiger partial charge in [0.05, 0.1) is 11.3 Å². The fourth-order valence-electron chi connectivity index (χ4n) is 1.72. The molecule has 0 bridgehead atoms. The number of aromatic hydroxyl groups is 1. The molecule has 0 aliphatic carbocycles. The van der Waals surface area contributed by atoms with Crippen LogP contribution < -0.4 is 0 Å². The molecule has 1 aromatic carbocycles. The van der Waals surface area contributed by atoms with Crippen molar-refractivity contribution < 1.29 is 18.3 Å². The van der Waals surface area contributed by atoms with Crippen molar-refractivity contribution in [3.8, 4) is 17.0 Å². The van der Waals surface area contributed by atoms with Gasteiger partial charge in [0, 0.05) is 12.6 Å². The summed E-state index contributed by atoms with van der Waals surface area (Å²) < 4.78 is 39.9. The van der Waals surface area contributed by atoms with Gasteiger partial charge in [-0.1, -0.05) is 18.2 Å². The fraction of sp³-hybridized carbons (Fsp3) is 0.250. The normalized spacial score (nSPS) is 11.8. The van der Waals surface area contributed by atoms with Crippen molar-refractivity contribution in [2.24, 2.45) is 7.05 Å². The molecule has 1 N–H and O–H groups in total. The summed E-state index contributed by atoms with van der Waals surface area (Å²) in [4.78, 5) is 0. The van der Waals surface area contributed by atoms with Crippen LogP contribution in [0.25, 0.3) is 11.3 Å². The third kappa shape index (κ3) is 1.94. The van der Waals surface area contributed by atoms with E-state index >= 15 is 0 Å². The van der Waals surface area contributed by atoms with Gasteiger partial charge in [0.1, 0.15) is 5.69 Å². The lowest BCUT2D eigenvalue weighted by atomic mass is 10.0. The van der Waals surface area contributed by atoms with Crippen molar-refractivity contribution in [1.82, 2.24) is 9.78 Å². The molecule has 0 aliphatic rings. The minimum atomic E-state index is -4.48. The molecule has 0 saturated heterocycles. The fourth-order valence-corrected chi connectivity index (χ4v) is 1.72. The zero-order valence-electron chi connectivity index (χ0n) is 9.78. The number of benzene rings is 1. The van der Waals surface area contributed by atoms with Gasteiger partial charge in [-0.25, -0.2) is 0 Å². The number of alkyl halides is 3. The van der Waals surface area contributed by atoms with Gasteiger partial charge in [-0.3, -0.25) is 4.68 Å². The number of nitrogens with zero attached hydrogens (tertiary/aromatic N) is 2. The average molecular weight is 256 g/mol. The lowest BCUT2D eigenvalue weighted by molar-refractivity contribution is -0.137. The van der Waals surface area contributed by atoms with Crippen LogP contribution in [-0.2, 0) is 13.2 Å². The largest absolute Gasteiger partial charge is 0.504 e. The highest BCUT2D eigenvalue weighted by Gasteiger charge is 2.34. The predicted molar refractivity (Wildman–Crippen MR) is 60.0 cm³/mol. The van der Waals surface area contributed by atoms with E-state index in [1.54, 1.807) is 14.0 Å². The number of hydrogen-bond donors (Lipinski definition) is 1. The van der Waals surface area contributed by atoms with Crippen molar-refractivity contribution in [1.29, 1.82) is 0 Å².